The zero-order chi connectivity index (χ0) is 11.5. The molecule has 0 bridgehead atoms. The Bertz CT molecular complexity index is 127. The molecule has 0 amide bonds. The Balaban J connectivity index is 0.000000921. The van der Waals surface area contributed by atoms with E-state index in [1.54, 1.807) is 7.11 Å². The van der Waals surface area contributed by atoms with Gasteiger partial charge in [-0.15, -0.1) is 0 Å². The molecule has 0 aliphatic carbocycles. The maximum atomic E-state index is 13.3. The van der Waals surface area contributed by atoms with Crippen molar-refractivity contribution in [3.8, 4) is 0 Å². The van der Waals surface area contributed by atoms with Gasteiger partial charge in [-0.05, 0) is 38.8 Å². The van der Waals surface area contributed by atoms with Crippen molar-refractivity contribution in [1.29, 1.82) is 0 Å². The van der Waals surface area contributed by atoms with Crippen molar-refractivity contribution in [3.05, 3.63) is 0 Å². The highest BCUT2D eigenvalue weighted by molar-refractivity contribution is 4.70. The van der Waals surface area contributed by atoms with E-state index in [0.29, 0.717) is 19.6 Å². The summed E-state index contributed by atoms with van der Waals surface area (Å²) in [6.07, 6.45) is 3.30. The third kappa shape index (κ3) is 7.74. The molecule has 1 fully saturated rings. The van der Waals surface area contributed by atoms with E-state index in [1.807, 2.05) is 13.8 Å². The van der Waals surface area contributed by atoms with E-state index in [-0.39, 0.29) is 0 Å². The van der Waals surface area contributed by atoms with E-state index in [1.165, 1.54) is 12.8 Å². The van der Waals surface area contributed by atoms with Crippen LogP contribution in [0.1, 0.15) is 39.5 Å². The van der Waals surface area contributed by atoms with E-state index in [4.69, 9.17) is 4.74 Å². The largest absolute Gasteiger partial charge is 0.385 e. The first-order chi connectivity index (χ1) is 7.33. The van der Waals surface area contributed by atoms with Crippen molar-refractivity contribution in [3.63, 3.8) is 0 Å². The van der Waals surface area contributed by atoms with Crippen molar-refractivity contribution in [2.75, 3.05) is 33.4 Å². The van der Waals surface area contributed by atoms with Crippen LogP contribution in [-0.4, -0.2) is 44.4 Å². The second-order valence-corrected chi connectivity index (χ2v) is 3.74. The standard InChI is InChI=1S/C10H20FNO.C2H6/c1-13-8-4-5-10(11)9-12-6-2-3-7-12;1-2/h10H,2-9H2,1H3;1-2H3/t10-;/m1./s1. The van der Waals surface area contributed by atoms with Crippen LogP contribution >= 0.6 is 0 Å². The minimum absolute atomic E-state index is 0.629. The molecular formula is C12H26FNO. The third-order valence-electron chi connectivity index (χ3n) is 2.52. The van der Waals surface area contributed by atoms with Crippen LogP contribution in [0.25, 0.3) is 0 Å². The van der Waals surface area contributed by atoms with Gasteiger partial charge in [0.25, 0.3) is 0 Å². The maximum Gasteiger partial charge on any atom is 0.113 e. The van der Waals surface area contributed by atoms with E-state index < -0.39 is 6.17 Å². The smallest absolute Gasteiger partial charge is 0.113 e. The molecule has 0 aromatic heterocycles. The highest BCUT2D eigenvalue weighted by Crippen LogP contribution is 2.11. The van der Waals surface area contributed by atoms with E-state index in [9.17, 15) is 4.39 Å². The van der Waals surface area contributed by atoms with Crippen LogP contribution in [0.3, 0.4) is 0 Å². The maximum absolute atomic E-state index is 13.3. The summed E-state index contributed by atoms with van der Waals surface area (Å²) in [5.74, 6) is 0. The first-order valence-corrected chi connectivity index (χ1v) is 6.18. The second-order valence-electron chi connectivity index (χ2n) is 3.74. The number of likely N-dealkylation sites (tertiary alicyclic amines) is 1. The Hall–Kier alpha value is -0.150. The Morgan fingerprint density at radius 2 is 1.87 bits per heavy atom. The topological polar surface area (TPSA) is 12.5 Å². The predicted octanol–water partition coefficient (Wildman–Crippen LogP) is 2.87. The molecule has 1 saturated heterocycles. The summed E-state index contributed by atoms with van der Waals surface area (Å²) >= 11 is 0. The molecule has 0 radical (unpaired) electrons. The molecule has 1 aliphatic heterocycles. The van der Waals surface area contributed by atoms with Crippen LogP contribution in [0.2, 0.25) is 0 Å². The summed E-state index contributed by atoms with van der Waals surface area (Å²) < 4.78 is 18.2. The Labute approximate surface area is 93.8 Å². The fourth-order valence-corrected chi connectivity index (χ4v) is 1.79. The molecule has 0 spiro atoms. The number of halogens is 1. The normalized spacial score (nSPS) is 18.4. The van der Waals surface area contributed by atoms with Gasteiger partial charge >= 0.3 is 0 Å². The molecule has 0 aromatic carbocycles. The highest BCUT2D eigenvalue weighted by Gasteiger charge is 2.16. The second kappa shape index (κ2) is 10.4. The molecule has 0 unspecified atom stereocenters. The Kier molecular flexibility index (Phi) is 10.3. The van der Waals surface area contributed by atoms with Gasteiger partial charge in [-0.1, -0.05) is 13.8 Å². The summed E-state index contributed by atoms with van der Waals surface area (Å²) in [5.41, 5.74) is 0. The number of alkyl halides is 1. The third-order valence-corrected chi connectivity index (χ3v) is 2.52. The minimum atomic E-state index is -0.659. The molecule has 0 N–H and O–H groups in total. The molecule has 1 heterocycles. The number of nitrogens with zero attached hydrogens (tertiary/aromatic N) is 1. The van der Waals surface area contributed by atoms with E-state index in [0.717, 1.165) is 19.5 Å². The number of hydrogen-bond acceptors (Lipinski definition) is 2. The van der Waals surface area contributed by atoms with Crippen molar-refractivity contribution < 1.29 is 9.13 Å². The van der Waals surface area contributed by atoms with Gasteiger partial charge in [0.05, 0.1) is 0 Å². The van der Waals surface area contributed by atoms with Gasteiger partial charge in [-0.3, -0.25) is 0 Å². The fourth-order valence-electron chi connectivity index (χ4n) is 1.79. The molecule has 1 rings (SSSR count). The molecule has 1 aliphatic rings. The van der Waals surface area contributed by atoms with Crippen molar-refractivity contribution >= 4 is 0 Å². The highest BCUT2D eigenvalue weighted by atomic mass is 19.1. The number of hydrogen-bond donors (Lipinski definition) is 0. The lowest BCUT2D eigenvalue weighted by Crippen LogP contribution is -2.27. The van der Waals surface area contributed by atoms with E-state index >= 15 is 0 Å². The van der Waals surface area contributed by atoms with E-state index in [2.05, 4.69) is 4.90 Å². The molecule has 92 valence electrons. The van der Waals surface area contributed by atoms with Gasteiger partial charge in [0.15, 0.2) is 0 Å². The number of ether oxygens (including phenoxy) is 1. The first-order valence-electron chi connectivity index (χ1n) is 6.18. The molecular weight excluding hydrogens is 193 g/mol. The quantitative estimate of drug-likeness (QED) is 0.637. The fraction of sp³-hybridized carbons (Fsp3) is 1.00. The lowest BCUT2D eigenvalue weighted by molar-refractivity contribution is 0.163. The predicted molar refractivity (Wildman–Crippen MR) is 63.0 cm³/mol. The minimum Gasteiger partial charge on any atom is -0.385 e. The average Bonchev–Trinajstić information content (AvgIpc) is 2.74. The van der Waals surface area contributed by atoms with Crippen LogP contribution in [0.15, 0.2) is 0 Å². The molecule has 15 heavy (non-hydrogen) atoms. The molecule has 0 saturated carbocycles. The van der Waals surface area contributed by atoms with Gasteiger partial charge < -0.3 is 9.64 Å². The molecule has 3 heteroatoms. The summed E-state index contributed by atoms with van der Waals surface area (Å²) in [5, 5.41) is 0. The molecule has 2 nitrogen and oxygen atoms in total. The Morgan fingerprint density at radius 3 is 2.40 bits per heavy atom. The summed E-state index contributed by atoms with van der Waals surface area (Å²) in [6.45, 7) is 7.49. The summed E-state index contributed by atoms with van der Waals surface area (Å²) in [6, 6.07) is 0. The average molecular weight is 219 g/mol. The summed E-state index contributed by atoms with van der Waals surface area (Å²) in [7, 11) is 1.66. The van der Waals surface area contributed by atoms with Crippen molar-refractivity contribution in [1.82, 2.24) is 4.90 Å². The zero-order valence-corrected chi connectivity index (χ0v) is 10.5. The number of rotatable bonds is 6. The van der Waals surface area contributed by atoms with Gasteiger partial charge in [0, 0.05) is 20.3 Å². The lowest BCUT2D eigenvalue weighted by Gasteiger charge is -2.17. The van der Waals surface area contributed by atoms with Crippen LogP contribution < -0.4 is 0 Å². The number of methoxy groups -OCH3 is 1. The van der Waals surface area contributed by atoms with Crippen LogP contribution in [0.4, 0.5) is 4.39 Å². The van der Waals surface area contributed by atoms with Crippen LogP contribution in [0, 0.1) is 0 Å². The SMILES string of the molecule is CC.COCCC[C@@H](F)CN1CCCC1. The van der Waals surface area contributed by atoms with Gasteiger partial charge in [-0.2, -0.15) is 0 Å². The lowest BCUT2D eigenvalue weighted by atomic mass is 10.2. The molecule has 0 aromatic rings. The first kappa shape index (κ1) is 14.8. The summed E-state index contributed by atoms with van der Waals surface area (Å²) in [4.78, 5) is 2.22. The van der Waals surface area contributed by atoms with Crippen molar-refractivity contribution in [2.45, 2.75) is 45.7 Å². The Morgan fingerprint density at radius 1 is 1.27 bits per heavy atom. The van der Waals surface area contributed by atoms with Gasteiger partial charge in [0.1, 0.15) is 6.17 Å². The monoisotopic (exact) mass is 219 g/mol. The van der Waals surface area contributed by atoms with Crippen LogP contribution in [-0.2, 0) is 4.74 Å². The van der Waals surface area contributed by atoms with Crippen LogP contribution in [0.5, 0.6) is 0 Å². The zero-order valence-electron chi connectivity index (χ0n) is 10.5. The van der Waals surface area contributed by atoms with Crippen molar-refractivity contribution in [2.24, 2.45) is 0 Å². The molecule has 1 atom stereocenters. The van der Waals surface area contributed by atoms with Gasteiger partial charge in [0.2, 0.25) is 0 Å². The van der Waals surface area contributed by atoms with Gasteiger partial charge in [-0.25, -0.2) is 4.39 Å².